The van der Waals surface area contributed by atoms with Gasteiger partial charge in [0.15, 0.2) is 5.89 Å². The van der Waals surface area contributed by atoms with Gasteiger partial charge in [0, 0.05) is 18.1 Å². The Morgan fingerprint density at radius 1 is 1.26 bits per heavy atom. The first-order valence-electron chi connectivity index (χ1n) is 9.43. The maximum Gasteiger partial charge on any atom is 0.423 e. The second-order valence-electron chi connectivity index (χ2n) is 7.18. The van der Waals surface area contributed by atoms with Crippen LogP contribution in [0.25, 0.3) is 5.57 Å². The van der Waals surface area contributed by atoms with E-state index in [4.69, 9.17) is 9.15 Å². The Kier molecular flexibility index (Phi) is 5.10. The third kappa shape index (κ3) is 3.81. The average molecular weight is 436 g/mol. The largest absolute Gasteiger partial charge is 0.461 e. The normalized spacial score (nSPS) is 18.2. The maximum atomic E-state index is 13.2. The summed E-state index contributed by atoms with van der Waals surface area (Å²) in [5, 5.41) is 27.3. The van der Waals surface area contributed by atoms with Gasteiger partial charge in [-0.2, -0.15) is 13.2 Å². The first-order chi connectivity index (χ1) is 14.6. The molecule has 0 saturated carbocycles. The highest BCUT2D eigenvalue weighted by Crippen LogP contribution is 2.40. The van der Waals surface area contributed by atoms with Gasteiger partial charge in [-0.15, -0.1) is 5.10 Å². The second kappa shape index (κ2) is 7.50. The number of rotatable bonds is 5. The molecule has 0 aliphatic carbocycles. The van der Waals surface area contributed by atoms with E-state index in [1.54, 1.807) is 25.1 Å². The molecule has 3 heterocycles. The molecule has 0 radical (unpaired) electrons. The van der Waals surface area contributed by atoms with Gasteiger partial charge in [0.1, 0.15) is 23.4 Å². The monoisotopic (exact) mass is 436 g/mol. The van der Waals surface area contributed by atoms with Crippen molar-refractivity contribution in [3.8, 4) is 5.75 Å². The fourth-order valence-corrected chi connectivity index (χ4v) is 3.37. The van der Waals surface area contributed by atoms with Crippen molar-refractivity contribution in [3.63, 3.8) is 0 Å². The van der Waals surface area contributed by atoms with Crippen molar-refractivity contribution in [1.29, 1.82) is 0 Å². The Balaban J connectivity index is 1.61. The van der Waals surface area contributed by atoms with E-state index in [1.165, 1.54) is 23.9 Å². The van der Waals surface area contributed by atoms with Crippen LogP contribution in [0.1, 0.15) is 41.8 Å². The van der Waals surface area contributed by atoms with Crippen molar-refractivity contribution in [2.45, 2.75) is 44.9 Å². The van der Waals surface area contributed by atoms with Gasteiger partial charge in [0.2, 0.25) is 11.9 Å². The zero-order chi connectivity index (χ0) is 22.4. The molecule has 8 nitrogen and oxygen atoms in total. The lowest BCUT2D eigenvalue weighted by Gasteiger charge is -2.26. The maximum absolute atomic E-state index is 13.2. The summed E-state index contributed by atoms with van der Waals surface area (Å²) in [6.07, 6.45) is -2.61. The highest BCUT2D eigenvalue weighted by Gasteiger charge is 2.55. The number of ether oxygens (including phenoxy) is 1. The number of halogens is 3. The molecule has 0 amide bonds. The molecule has 0 saturated heterocycles. The third-order valence-electron chi connectivity index (χ3n) is 5.08. The summed E-state index contributed by atoms with van der Waals surface area (Å²) < 4.78 is 51.6. The second-order valence-corrected chi connectivity index (χ2v) is 7.18. The van der Waals surface area contributed by atoms with E-state index in [2.05, 4.69) is 15.3 Å². The molecule has 2 N–H and O–H groups in total. The van der Waals surface area contributed by atoms with E-state index in [1.807, 2.05) is 0 Å². The van der Waals surface area contributed by atoms with Crippen molar-refractivity contribution in [2.75, 3.05) is 0 Å². The summed E-state index contributed by atoms with van der Waals surface area (Å²) in [6, 6.07) is 5.15. The van der Waals surface area contributed by atoms with Crippen molar-refractivity contribution < 1.29 is 32.5 Å². The number of hydrogen-bond acceptors (Lipinski definition) is 7. The molecular weight excluding hydrogens is 417 g/mol. The van der Waals surface area contributed by atoms with Crippen LogP contribution in [0.15, 0.2) is 41.2 Å². The molecular formula is C20H19F3N4O4. The Labute approximate surface area is 174 Å². The van der Waals surface area contributed by atoms with Crippen LogP contribution in [0.2, 0.25) is 0 Å². The number of oxazole rings is 1. The van der Waals surface area contributed by atoms with E-state index in [0.29, 0.717) is 34.0 Å². The van der Waals surface area contributed by atoms with Gasteiger partial charge in [0.25, 0.3) is 0 Å². The standard InChI is InChI=1S/C20H19F3N4O4/c1-3-19(29,20(21,22)23)17-9-27(26-25-17)8-12-4-5-13-14(15-10-30-11(2)24-15)7-18(28)31-16(13)6-12/h4-7,9-10,18,28-29H,3,8H2,1-2H3. The molecule has 31 heavy (non-hydrogen) atoms. The molecule has 2 unspecified atom stereocenters. The number of alkyl halides is 3. The van der Waals surface area contributed by atoms with E-state index >= 15 is 0 Å². The zero-order valence-electron chi connectivity index (χ0n) is 16.6. The SMILES string of the molecule is CCC(O)(c1cn(Cc2ccc3c(c2)OC(O)C=C3c2coc(C)n2)nn1)C(F)(F)F. The number of benzene rings is 1. The van der Waals surface area contributed by atoms with Gasteiger partial charge >= 0.3 is 6.18 Å². The van der Waals surface area contributed by atoms with Crippen molar-refractivity contribution >= 4 is 5.57 Å². The van der Waals surface area contributed by atoms with Crippen LogP contribution in [0.3, 0.4) is 0 Å². The van der Waals surface area contributed by atoms with E-state index in [0.717, 1.165) is 6.20 Å². The fourth-order valence-electron chi connectivity index (χ4n) is 3.37. The molecule has 164 valence electrons. The lowest BCUT2D eigenvalue weighted by Crippen LogP contribution is -2.42. The Morgan fingerprint density at radius 3 is 2.68 bits per heavy atom. The zero-order valence-corrected chi connectivity index (χ0v) is 16.6. The highest BCUT2D eigenvalue weighted by molar-refractivity contribution is 5.82. The quantitative estimate of drug-likeness (QED) is 0.633. The molecule has 2 atom stereocenters. The van der Waals surface area contributed by atoms with Crippen LogP contribution in [0.4, 0.5) is 13.2 Å². The summed E-state index contributed by atoms with van der Waals surface area (Å²) in [5.74, 6) is 0.853. The number of nitrogens with zero attached hydrogens (tertiary/aromatic N) is 4. The van der Waals surface area contributed by atoms with Crippen molar-refractivity contribution in [3.05, 3.63) is 65.1 Å². The molecule has 0 fully saturated rings. The molecule has 3 aromatic rings. The summed E-state index contributed by atoms with van der Waals surface area (Å²) in [6.45, 7) is 3.01. The van der Waals surface area contributed by atoms with Gasteiger partial charge in [-0.3, -0.25) is 0 Å². The van der Waals surface area contributed by atoms with Gasteiger partial charge in [0.05, 0.1) is 12.7 Å². The topological polar surface area (TPSA) is 106 Å². The minimum atomic E-state index is -4.87. The number of fused-ring (bicyclic) bond motifs is 1. The minimum Gasteiger partial charge on any atom is -0.461 e. The Morgan fingerprint density at radius 2 is 2.03 bits per heavy atom. The average Bonchev–Trinajstić information content (AvgIpc) is 3.35. The number of aliphatic hydroxyl groups is 2. The van der Waals surface area contributed by atoms with Crippen LogP contribution >= 0.6 is 0 Å². The predicted octanol–water partition coefficient (Wildman–Crippen LogP) is 2.93. The van der Waals surface area contributed by atoms with Crippen LogP contribution in [0.5, 0.6) is 5.75 Å². The number of aromatic nitrogens is 4. The predicted molar refractivity (Wildman–Crippen MR) is 101 cm³/mol. The number of aliphatic hydroxyl groups excluding tert-OH is 1. The van der Waals surface area contributed by atoms with Crippen molar-refractivity contribution in [1.82, 2.24) is 20.0 Å². The summed E-state index contributed by atoms with van der Waals surface area (Å²) in [7, 11) is 0. The smallest absolute Gasteiger partial charge is 0.423 e. The summed E-state index contributed by atoms with van der Waals surface area (Å²) in [4.78, 5) is 4.27. The van der Waals surface area contributed by atoms with Crippen LogP contribution in [0, 0.1) is 6.92 Å². The van der Waals surface area contributed by atoms with E-state index in [9.17, 15) is 23.4 Å². The molecule has 1 aliphatic rings. The van der Waals surface area contributed by atoms with Gasteiger partial charge < -0.3 is 19.4 Å². The molecule has 0 spiro atoms. The highest BCUT2D eigenvalue weighted by atomic mass is 19.4. The number of hydrogen-bond donors (Lipinski definition) is 2. The number of aryl methyl sites for hydroxylation is 1. The molecule has 2 aromatic heterocycles. The summed E-state index contributed by atoms with van der Waals surface area (Å²) in [5.41, 5.74) is -1.13. The van der Waals surface area contributed by atoms with Crippen LogP contribution in [-0.4, -0.2) is 42.7 Å². The lowest BCUT2D eigenvalue weighted by molar-refractivity contribution is -0.269. The molecule has 0 bridgehead atoms. The van der Waals surface area contributed by atoms with Gasteiger partial charge in [-0.25, -0.2) is 9.67 Å². The third-order valence-corrected chi connectivity index (χ3v) is 5.08. The Hall–Kier alpha value is -3.18. The summed E-state index contributed by atoms with van der Waals surface area (Å²) >= 11 is 0. The van der Waals surface area contributed by atoms with E-state index in [-0.39, 0.29) is 6.54 Å². The van der Waals surface area contributed by atoms with E-state index < -0.39 is 30.2 Å². The van der Waals surface area contributed by atoms with Crippen LogP contribution < -0.4 is 4.74 Å². The van der Waals surface area contributed by atoms with Crippen molar-refractivity contribution in [2.24, 2.45) is 0 Å². The minimum absolute atomic E-state index is 0.0828. The molecule has 4 rings (SSSR count). The first-order valence-corrected chi connectivity index (χ1v) is 9.43. The van der Waals surface area contributed by atoms with Gasteiger partial charge in [-0.1, -0.05) is 24.3 Å². The fraction of sp³-hybridized carbons (Fsp3) is 0.350. The van der Waals surface area contributed by atoms with Gasteiger partial charge in [-0.05, 0) is 24.1 Å². The lowest BCUT2D eigenvalue weighted by atomic mass is 9.96. The molecule has 11 heteroatoms. The Bertz CT molecular complexity index is 1140. The molecule has 1 aromatic carbocycles. The molecule has 1 aliphatic heterocycles. The first kappa shape index (κ1) is 21.1. The van der Waals surface area contributed by atoms with Crippen LogP contribution in [-0.2, 0) is 12.1 Å².